The van der Waals surface area contributed by atoms with E-state index in [2.05, 4.69) is 26.5 Å². The third-order valence-corrected chi connectivity index (χ3v) is 3.34. The average Bonchev–Trinajstić information content (AvgIpc) is 2.98. The molecule has 2 aliphatic rings. The van der Waals surface area contributed by atoms with Crippen molar-refractivity contribution in [3.05, 3.63) is 35.6 Å². The molecule has 0 spiro atoms. The molecule has 1 aromatic carbocycles. The lowest BCUT2D eigenvalue weighted by atomic mass is 10.2. The Balaban J connectivity index is 1.54. The molecule has 2 aliphatic heterocycles. The van der Waals surface area contributed by atoms with Gasteiger partial charge in [0.1, 0.15) is 24.7 Å². The van der Waals surface area contributed by atoms with Gasteiger partial charge in [-0.1, -0.05) is 12.1 Å². The van der Waals surface area contributed by atoms with Crippen LogP contribution in [0, 0.1) is 5.82 Å². The van der Waals surface area contributed by atoms with Crippen LogP contribution in [0.4, 0.5) is 14.0 Å². The number of carbonyl (C=O) groups excluding carboxylic acids is 3. The number of hydrogen-bond acceptors (Lipinski definition) is 4. The maximum atomic E-state index is 12.7. The Morgan fingerprint density at radius 2 is 2.00 bits per heavy atom. The van der Waals surface area contributed by atoms with Crippen LogP contribution in [-0.4, -0.2) is 48.0 Å². The van der Waals surface area contributed by atoms with Crippen molar-refractivity contribution in [2.75, 3.05) is 6.54 Å². The molecule has 2 fully saturated rings. The van der Waals surface area contributed by atoms with E-state index < -0.39 is 30.3 Å². The molecule has 0 aliphatic carbocycles. The maximum Gasteiger partial charge on any atom is 0.321 e. The summed E-state index contributed by atoms with van der Waals surface area (Å²) in [7, 11) is 0. The SMILES string of the molecule is O=C(CN1C(=O)N[C@@H]2NC(=O)N[C@@H]21)N/N=C\c1ccc(F)cc1. The van der Waals surface area contributed by atoms with Crippen molar-refractivity contribution >= 4 is 24.2 Å². The maximum absolute atomic E-state index is 12.7. The summed E-state index contributed by atoms with van der Waals surface area (Å²) in [6.07, 6.45) is 0.163. The Hall–Kier alpha value is -3.17. The van der Waals surface area contributed by atoms with Gasteiger partial charge in [0.25, 0.3) is 5.91 Å². The lowest BCUT2D eigenvalue weighted by Crippen LogP contribution is -2.47. The number of fused-ring (bicyclic) bond motifs is 1. The summed E-state index contributed by atoms with van der Waals surface area (Å²) in [5.41, 5.74) is 2.88. The first-order valence-electron chi connectivity index (χ1n) is 6.74. The summed E-state index contributed by atoms with van der Waals surface area (Å²) in [6.45, 7) is -0.268. The third kappa shape index (κ3) is 3.20. The van der Waals surface area contributed by atoms with Crippen LogP contribution in [0.25, 0.3) is 0 Å². The van der Waals surface area contributed by atoms with Crippen molar-refractivity contribution in [1.29, 1.82) is 0 Å². The second-order valence-corrected chi connectivity index (χ2v) is 4.96. The zero-order valence-electron chi connectivity index (χ0n) is 11.7. The molecular weight excluding hydrogens is 307 g/mol. The van der Waals surface area contributed by atoms with E-state index in [9.17, 15) is 18.8 Å². The number of hydrazone groups is 1. The average molecular weight is 320 g/mol. The zero-order valence-corrected chi connectivity index (χ0v) is 11.7. The number of carbonyl (C=O) groups is 3. The standard InChI is InChI=1S/C13H13FN6O3/c14-8-3-1-7(2-4-8)5-15-19-9(21)6-20-11-10(17-13(20)23)16-12(22)18-11/h1-5,10-11H,6H2,(H,17,23)(H,19,21)(H2,16,18,22)/b15-5-/t10-,11+/m0/s1. The summed E-state index contributed by atoms with van der Waals surface area (Å²) in [5, 5.41) is 11.3. The van der Waals surface area contributed by atoms with Crippen molar-refractivity contribution in [3.8, 4) is 0 Å². The highest BCUT2D eigenvalue weighted by Crippen LogP contribution is 2.13. The fourth-order valence-corrected chi connectivity index (χ4v) is 2.28. The molecule has 1 aromatic rings. The van der Waals surface area contributed by atoms with Crippen LogP contribution in [0.3, 0.4) is 0 Å². The smallest absolute Gasteiger partial charge is 0.314 e. The molecule has 0 bridgehead atoms. The third-order valence-electron chi connectivity index (χ3n) is 3.34. The molecule has 0 radical (unpaired) electrons. The van der Waals surface area contributed by atoms with E-state index in [1.54, 1.807) is 0 Å². The number of nitrogens with one attached hydrogen (secondary N) is 4. The first-order valence-corrected chi connectivity index (χ1v) is 6.74. The van der Waals surface area contributed by atoms with Gasteiger partial charge in [0.05, 0.1) is 6.21 Å². The highest BCUT2D eigenvalue weighted by molar-refractivity contribution is 5.89. The minimum atomic E-state index is -0.623. The van der Waals surface area contributed by atoms with Gasteiger partial charge in [0.15, 0.2) is 0 Å². The van der Waals surface area contributed by atoms with Crippen LogP contribution in [0.2, 0.25) is 0 Å². The van der Waals surface area contributed by atoms with Crippen LogP contribution in [0.5, 0.6) is 0 Å². The van der Waals surface area contributed by atoms with Gasteiger partial charge >= 0.3 is 12.1 Å². The molecular formula is C13H13FN6O3. The summed E-state index contributed by atoms with van der Waals surface area (Å²) >= 11 is 0. The molecule has 4 N–H and O–H groups in total. The lowest BCUT2D eigenvalue weighted by Gasteiger charge is -2.19. The highest BCUT2D eigenvalue weighted by Gasteiger charge is 2.45. The van der Waals surface area contributed by atoms with E-state index in [-0.39, 0.29) is 12.4 Å². The monoisotopic (exact) mass is 320 g/mol. The lowest BCUT2D eigenvalue weighted by molar-refractivity contribution is -0.121. The molecule has 5 amide bonds. The molecule has 0 unspecified atom stereocenters. The van der Waals surface area contributed by atoms with E-state index >= 15 is 0 Å². The van der Waals surface area contributed by atoms with E-state index in [0.717, 1.165) is 0 Å². The van der Waals surface area contributed by atoms with Gasteiger partial charge in [-0.2, -0.15) is 5.10 Å². The molecule has 9 nitrogen and oxygen atoms in total. The predicted octanol–water partition coefficient (Wildman–Crippen LogP) is -0.734. The molecule has 10 heteroatoms. The minimum absolute atomic E-state index is 0.268. The van der Waals surface area contributed by atoms with Crippen molar-refractivity contribution < 1.29 is 18.8 Å². The topological polar surface area (TPSA) is 115 Å². The van der Waals surface area contributed by atoms with Gasteiger partial charge in [-0.3, -0.25) is 9.69 Å². The Morgan fingerprint density at radius 3 is 2.74 bits per heavy atom. The summed E-state index contributed by atoms with van der Waals surface area (Å²) in [6, 6.07) is 4.67. The molecule has 3 rings (SSSR count). The Labute approximate surface area is 129 Å². The number of hydrogen-bond donors (Lipinski definition) is 4. The van der Waals surface area contributed by atoms with Crippen molar-refractivity contribution in [2.24, 2.45) is 5.10 Å². The van der Waals surface area contributed by atoms with Crippen LogP contribution in [0.1, 0.15) is 5.56 Å². The van der Waals surface area contributed by atoms with Crippen LogP contribution >= 0.6 is 0 Å². The Morgan fingerprint density at radius 1 is 1.26 bits per heavy atom. The molecule has 23 heavy (non-hydrogen) atoms. The van der Waals surface area contributed by atoms with Gasteiger partial charge in [-0.05, 0) is 17.7 Å². The summed E-state index contributed by atoms with van der Waals surface area (Å²) in [4.78, 5) is 35.9. The number of benzene rings is 1. The molecule has 2 saturated heterocycles. The Bertz CT molecular complexity index is 677. The van der Waals surface area contributed by atoms with Crippen LogP contribution in [-0.2, 0) is 4.79 Å². The summed E-state index contributed by atoms with van der Waals surface area (Å²) in [5.74, 6) is -0.895. The first kappa shape index (κ1) is 14.8. The van der Waals surface area contributed by atoms with E-state index in [4.69, 9.17) is 0 Å². The molecule has 0 saturated carbocycles. The van der Waals surface area contributed by atoms with Crippen molar-refractivity contribution in [2.45, 2.75) is 12.3 Å². The van der Waals surface area contributed by atoms with Gasteiger partial charge in [0.2, 0.25) is 0 Å². The fourth-order valence-electron chi connectivity index (χ4n) is 2.28. The van der Waals surface area contributed by atoms with Gasteiger partial charge < -0.3 is 16.0 Å². The van der Waals surface area contributed by atoms with Crippen molar-refractivity contribution in [3.63, 3.8) is 0 Å². The van der Waals surface area contributed by atoms with Crippen molar-refractivity contribution in [1.82, 2.24) is 26.3 Å². The van der Waals surface area contributed by atoms with E-state index in [1.807, 2.05) is 0 Å². The number of halogens is 1. The van der Waals surface area contributed by atoms with Gasteiger partial charge in [-0.15, -0.1) is 0 Å². The quantitative estimate of drug-likeness (QED) is 0.433. The minimum Gasteiger partial charge on any atom is -0.314 e. The number of rotatable bonds is 4. The zero-order chi connectivity index (χ0) is 16.4. The van der Waals surface area contributed by atoms with Gasteiger partial charge in [-0.25, -0.2) is 19.4 Å². The van der Waals surface area contributed by atoms with Gasteiger partial charge in [0, 0.05) is 0 Å². The number of amides is 5. The number of nitrogens with zero attached hydrogens (tertiary/aromatic N) is 2. The van der Waals surface area contributed by atoms with Crippen LogP contribution in [0.15, 0.2) is 29.4 Å². The Kier molecular flexibility index (Phi) is 3.79. The molecule has 0 aromatic heterocycles. The second kappa shape index (κ2) is 5.91. The molecule has 2 atom stereocenters. The van der Waals surface area contributed by atoms with Crippen LogP contribution < -0.4 is 21.4 Å². The number of urea groups is 2. The normalized spacial score (nSPS) is 22.6. The largest absolute Gasteiger partial charge is 0.321 e. The highest BCUT2D eigenvalue weighted by atomic mass is 19.1. The fraction of sp³-hybridized carbons (Fsp3) is 0.231. The second-order valence-electron chi connectivity index (χ2n) is 4.96. The first-order chi connectivity index (χ1) is 11.0. The van der Waals surface area contributed by atoms with E-state index in [1.165, 1.54) is 35.4 Å². The molecule has 2 heterocycles. The van der Waals surface area contributed by atoms with E-state index in [0.29, 0.717) is 5.56 Å². The predicted molar refractivity (Wildman–Crippen MR) is 76.6 cm³/mol. The molecule has 120 valence electrons. The summed E-state index contributed by atoms with van der Waals surface area (Å²) < 4.78 is 12.7.